The summed E-state index contributed by atoms with van der Waals surface area (Å²) in [5, 5.41) is 20.1. The van der Waals surface area contributed by atoms with Crippen LogP contribution >= 0.6 is 0 Å². The van der Waals surface area contributed by atoms with Crippen molar-refractivity contribution < 1.29 is 14.2 Å². The van der Waals surface area contributed by atoms with E-state index in [1.54, 1.807) is 37.8 Å². The van der Waals surface area contributed by atoms with E-state index >= 15 is 0 Å². The van der Waals surface area contributed by atoms with E-state index in [0.29, 0.717) is 30.1 Å². The molecule has 0 unspecified atom stereocenters. The number of nitrogens with zero attached hydrogens (tertiary/aromatic N) is 8. The molecular weight excluding hydrogens is 523 g/mol. The zero-order valence-electron chi connectivity index (χ0n) is 22.6. The Bertz CT molecular complexity index is 1720. The lowest BCUT2D eigenvalue weighted by Crippen LogP contribution is -2.30. The minimum atomic E-state index is -1.33. The fourth-order valence-electron chi connectivity index (χ4n) is 5.49. The van der Waals surface area contributed by atoms with Gasteiger partial charge in [-0.1, -0.05) is 18.2 Å². The Kier molecular flexibility index (Phi) is 6.32. The molecule has 7 rings (SSSR count). The van der Waals surface area contributed by atoms with Gasteiger partial charge in [0.15, 0.2) is 11.6 Å². The first-order valence-electron chi connectivity index (χ1n) is 13.7. The number of fused-ring (bicyclic) bond motifs is 1. The number of aromatic nitrogens is 7. The first-order valence-corrected chi connectivity index (χ1v) is 13.7. The van der Waals surface area contributed by atoms with E-state index in [1.807, 2.05) is 21.6 Å². The molecule has 0 bridgehead atoms. The molecule has 208 valence electrons. The smallest absolute Gasteiger partial charge is 0.156 e. The van der Waals surface area contributed by atoms with Crippen molar-refractivity contribution in [3.8, 4) is 11.1 Å². The van der Waals surface area contributed by atoms with Gasteiger partial charge in [0.1, 0.15) is 23.3 Å². The van der Waals surface area contributed by atoms with Crippen LogP contribution in [-0.4, -0.2) is 65.8 Å². The van der Waals surface area contributed by atoms with Crippen molar-refractivity contribution in [3.05, 3.63) is 96.5 Å². The number of halogens is 1. The van der Waals surface area contributed by atoms with Gasteiger partial charge in [0.25, 0.3) is 0 Å². The van der Waals surface area contributed by atoms with Gasteiger partial charge in [0.2, 0.25) is 0 Å². The number of ether oxygens (including phenoxy) is 1. The van der Waals surface area contributed by atoms with Crippen LogP contribution in [0.15, 0.2) is 73.7 Å². The summed E-state index contributed by atoms with van der Waals surface area (Å²) in [6.07, 6.45) is 14.7. The van der Waals surface area contributed by atoms with Gasteiger partial charge in [-0.05, 0) is 49.1 Å². The summed E-state index contributed by atoms with van der Waals surface area (Å²) in [5.74, 6) is 1.15. The maximum absolute atomic E-state index is 13.3. The van der Waals surface area contributed by atoms with Gasteiger partial charge in [0.05, 0.1) is 18.8 Å². The predicted molar refractivity (Wildman–Crippen MR) is 151 cm³/mol. The molecule has 1 saturated heterocycles. The Hall–Kier alpha value is -4.48. The normalized spacial score (nSPS) is 19.0. The molecule has 0 amide bonds. The van der Waals surface area contributed by atoms with E-state index in [9.17, 15) is 9.50 Å². The van der Waals surface area contributed by atoms with Crippen molar-refractivity contribution in [2.45, 2.75) is 31.4 Å². The summed E-state index contributed by atoms with van der Waals surface area (Å²) in [7, 11) is 0. The van der Waals surface area contributed by atoms with Gasteiger partial charge >= 0.3 is 0 Å². The van der Waals surface area contributed by atoms with Crippen molar-refractivity contribution in [3.63, 3.8) is 0 Å². The number of aliphatic hydroxyl groups is 1. The van der Waals surface area contributed by atoms with E-state index in [1.165, 1.54) is 12.1 Å². The average molecular weight is 553 g/mol. The molecule has 5 aromatic rings. The van der Waals surface area contributed by atoms with Crippen LogP contribution < -0.4 is 4.90 Å². The lowest BCUT2D eigenvalue weighted by Gasteiger charge is -2.27. The number of anilines is 1. The maximum Gasteiger partial charge on any atom is 0.156 e. The summed E-state index contributed by atoms with van der Waals surface area (Å²) in [4.78, 5) is 15.9. The highest BCUT2D eigenvalue weighted by molar-refractivity contribution is 5.78. The highest BCUT2D eigenvalue weighted by Crippen LogP contribution is 2.32. The second-order valence-corrected chi connectivity index (χ2v) is 10.7. The Balaban J connectivity index is 1.08. The van der Waals surface area contributed by atoms with Crippen LogP contribution in [0.2, 0.25) is 0 Å². The predicted octanol–water partition coefficient (Wildman–Crippen LogP) is 4.03. The van der Waals surface area contributed by atoms with E-state index in [0.717, 1.165) is 54.0 Å². The third-order valence-corrected chi connectivity index (χ3v) is 8.02. The van der Waals surface area contributed by atoms with Crippen molar-refractivity contribution in [2.24, 2.45) is 0 Å². The van der Waals surface area contributed by atoms with E-state index in [4.69, 9.17) is 4.74 Å². The summed E-state index contributed by atoms with van der Waals surface area (Å²) in [6.45, 7) is 4.53. The highest BCUT2D eigenvalue weighted by atomic mass is 19.1. The van der Waals surface area contributed by atoms with E-state index in [-0.39, 0.29) is 11.9 Å². The minimum Gasteiger partial charge on any atom is -0.381 e. The van der Waals surface area contributed by atoms with E-state index < -0.39 is 5.60 Å². The highest BCUT2D eigenvalue weighted by Gasteiger charge is 2.27. The molecule has 6 heterocycles. The topological polar surface area (TPSA) is 106 Å². The van der Waals surface area contributed by atoms with Gasteiger partial charge in [-0.15, -0.1) is 0 Å². The van der Waals surface area contributed by atoms with Crippen LogP contribution in [0.1, 0.15) is 42.8 Å². The van der Waals surface area contributed by atoms with Gasteiger partial charge in [0, 0.05) is 61.2 Å². The van der Waals surface area contributed by atoms with Gasteiger partial charge in [-0.2, -0.15) is 10.2 Å². The summed E-state index contributed by atoms with van der Waals surface area (Å²) >= 11 is 0. The number of hydrogen-bond donors (Lipinski definition) is 1. The lowest BCUT2D eigenvalue weighted by molar-refractivity contribution is 0.101. The Morgan fingerprint density at radius 3 is 2.56 bits per heavy atom. The molecule has 2 aliphatic rings. The number of rotatable bonds is 6. The molecule has 2 aliphatic heterocycles. The first-order chi connectivity index (χ1) is 20.0. The standard InChI is InChI=1S/C30H29FN8O2/c1-30(40,23-2-4-25(31)5-3-23)24-14-32-28(33-15-24)20-6-9-37(10-7-20)29-27-12-21(16-39(27)36-19-34-29)22-13-35-38(17-22)26-8-11-41-18-26/h2-6,12-17,19,26,40H,7-11,18H2,1H3/t26-,30+/m1/s1. The summed E-state index contributed by atoms with van der Waals surface area (Å²) in [5.41, 5.74) is 3.83. The van der Waals surface area contributed by atoms with Crippen LogP contribution in [0.3, 0.4) is 0 Å². The molecular formula is C30H29FN8O2. The number of benzene rings is 1. The van der Waals surface area contributed by atoms with Crippen LogP contribution in [0, 0.1) is 5.82 Å². The molecule has 0 radical (unpaired) electrons. The van der Waals surface area contributed by atoms with Crippen molar-refractivity contribution in [1.29, 1.82) is 0 Å². The van der Waals surface area contributed by atoms with Gasteiger partial charge < -0.3 is 14.7 Å². The third kappa shape index (κ3) is 4.76. The molecule has 2 atom stereocenters. The molecule has 1 fully saturated rings. The summed E-state index contributed by atoms with van der Waals surface area (Å²) < 4.78 is 22.7. The summed E-state index contributed by atoms with van der Waals surface area (Å²) in [6, 6.07) is 8.19. The molecule has 11 heteroatoms. The van der Waals surface area contributed by atoms with Gasteiger partial charge in [-0.25, -0.2) is 23.9 Å². The molecule has 0 saturated carbocycles. The Labute approximate surface area is 235 Å². The molecule has 0 aliphatic carbocycles. The van der Waals surface area contributed by atoms with Gasteiger partial charge in [-0.3, -0.25) is 4.68 Å². The van der Waals surface area contributed by atoms with E-state index in [2.05, 4.69) is 48.4 Å². The minimum absolute atomic E-state index is 0.286. The molecule has 4 aromatic heterocycles. The van der Waals surface area contributed by atoms with Crippen LogP contribution in [0.5, 0.6) is 0 Å². The zero-order valence-corrected chi connectivity index (χ0v) is 22.6. The van der Waals surface area contributed by atoms with Crippen LogP contribution in [0.25, 0.3) is 22.2 Å². The monoisotopic (exact) mass is 552 g/mol. The van der Waals surface area contributed by atoms with Crippen LogP contribution in [0.4, 0.5) is 10.2 Å². The van der Waals surface area contributed by atoms with Crippen molar-refractivity contribution >= 4 is 16.9 Å². The molecule has 1 aromatic carbocycles. The fraction of sp³-hybridized carbons (Fsp3) is 0.300. The third-order valence-electron chi connectivity index (χ3n) is 8.02. The lowest BCUT2D eigenvalue weighted by atomic mass is 9.90. The Morgan fingerprint density at radius 2 is 1.83 bits per heavy atom. The Morgan fingerprint density at radius 1 is 1.00 bits per heavy atom. The molecule has 1 N–H and O–H groups in total. The molecule has 0 spiro atoms. The number of hydrogen-bond acceptors (Lipinski definition) is 8. The second kappa shape index (κ2) is 10.2. The molecule has 41 heavy (non-hydrogen) atoms. The fourth-order valence-corrected chi connectivity index (χ4v) is 5.49. The quantitative estimate of drug-likeness (QED) is 0.337. The maximum atomic E-state index is 13.3. The van der Waals surface area contributed by atoms with Crippen molar-refractivity contribution in [1.82, 2.24) is 34.3 Å². The largest absolute Gasteiger partial charge is 0.381 e. The SMILES string of the molecule is C[C@](O)(c1ccc(F)cc1)c1cnc(C2=CCN(c3ncnn4cc(-c5cnn([C@@H]6CCOC6)c5)cc34)CC2)nc1. The zero-order chi connectivity index (χ0) is 28.0. The second-order valence-electron chi connectivity index (χ2n) is 10.7. The molecule has 10 nitrogen and oxygen atoms in total. The first kappa shape index (κ1) is 25.5. The van der Waals surface area contributed by atoms with Crippen molar-refractivity contribution in [2.75, 3.05) is 31.2 Å². The average Bonchev–Trinajstić information content (AvgIpc) is 3.78. The van der Waals surface area contributed by atoms with Crippen LogP contribution in [-0.2, 0) is 10.3 Å².